The Morgan fingerprint density at radius 2 is 1.60 bits per heavy atom. The van der Waals surface area contributed by atoms with Crippen molar-refractivity contribution >= 4 is 40.5 Å². The van der Waals surface area contributed by atoms with Crippen LogP contribution in [0.25, 0.3) is 11.8 Å². The fraction of sp³-hybridized carbons (Fsp3) is 0.0882. The molecule has 0 amide bonds. The highest BCUT2D eigenvalue weighted by Gasteiger charge is 2.35. The number of nitro groups is 2. The number of hydrogen-bond acceptors (Lipinski definition) is 10. The molecule has 4 aromatic carbocycles. The number of thiazole rings is 1. The second-order valence-electron chi connectivity index (χ2n) is 10.1. The molecule has 0 N–H and O–H groups in total. The largest absolute Gasteiger partial charge is 0.463 e. The Morgan fingerprint density at radius 3 is 2.28 bits per heavy atom. The van der Waals surface area contributed by atoms with Crippen LogP contribution in [0, 0.1) is 20.2 Å². The number of para-hydroxylation sites is 1. The predicted molar refractivity (Wildman–Crippen MR) is 174 cm³/mol. The van der Waals surface area contributed by atoms with Gasteiger partial charge in [0.25, 0.3) is 11.2 Å². The number of carbonyl (C=O) groups excluding carboxylic acids is 1. The minimum Gasteiger partial charge on any atom is -0.463 e. The van der Waals surface area contributed by atoms with E-state index in [9.17, 15) is 29.8 Å². The number of ether oxygens (including phenoxy) is 2. The minimum absolute atomic E-state index is 0.125. The molecule has 1 aliphatic heterocycles. The van der Waals surface area contributed by atoms with E-state index in [1.165, 1.54) is 4.57 Å². The Kier molecular flexibility index (Phi) is 8.54. The molecule has 0 aliphatic carbocycles. The van der Waals surface area contributed by atoms with Gasteiger partial charge in [0.15, 0.2) is 4.80 Å². The van der Waals surface area contributed by atoms with Gasteiger partial charge < -0.3 is 9.47 Å². The highest BCUT2D eigenvalue weighted by Crippen LogP contribution is 2.37. The van der Waals surface area contributed by atoms with Gasteiger partial charge in [0.2, 0.25) is 5.75 Å². The summed E-state index contributed by atoms with van der Waals surface area (Å²) in [6.07, 6.45) is 1.58. The van der Waals surface area contributed by atoms with Crippen molar-refractivity contribution in [1.29, 1.82) is 0 Å². The van der Waals surface area contributed by atoms with Gasteiger partial charge in [-0.1, -0.05) is 90.2 Å². The van der Waals surface area contributed by atoms with Gasteiger partial charge in [0.05, 0.1) is 44.4 Å². The first-order chi connectivity index (χ1) is 22.8. The van der Waals surface area contributed by atoms with Crippen LogP contribution in [0.1, 0.15) is 29.7 Å². The Hall–Kier alpha value is -6.21. The topological polar surface area (TPSA) is 156 Å². The van der Waals surface area contributed by atoms with Crippen molar-refractivity contribution in [3.63, 3.8) is 0 Å². The molecular formula is C34H24N4O8S. The zero-order valence-electron chi connectivity index (χ0n) is 24.6. The van der Waals surface area contributed by atoms with Gasteiger partial charge in [-0.05, 0) is 30.7 Å². The van der Waals surface area contributed by atoms with Crippen molar-refractivity contribution in [2.24, 2.45) is 4.99 Å². The molecule has 0 radical (unpaired) electrons. The first-order valence-corrected chi connectivity index (χ1v) is 15.1. The molecule has 13 heteroatoms. The van der Waals surface area contributed by atoms with Crippen LogP contribution in [-0.2, 0) is 9.53 Å². The Labute approximate surface area is 270 Å². The van der Waals surface area contributed by atoms with E-state index in [-0.39, 0.29) is 28.2 Å². The van der Waals surface area contributed by atoms with Crippen LogP contribution in [0.3, 0.4) is 0 Å². The lowest BCUT2D eigenvalue weighted by Crippen LogP contribution is -2.40. The maximum absolute atomic E-state index is 14.2. The number of rotatable bonds is 9. The molecular weight excluding hydrogens is 624 g/mol. The van der Waals surface area contributed by atoms with Crippen molar-refractivity contribution < 1.29 is 24.1 Å². The predicted octanol–water partition coefficient (Wildman–Crippen LogP) is 5.54. The summed E-state index contributed by atoms with van der Waals surface area (Å²) in [5.41, 5.74) is 0.914. The third-order valence-corrected chi connectivity index (χ3v) is 8.25. The second-order valence-corrected chi connectivity index (χ2v) is 11.2. The molecule has 0 unspecified atom stereocenters. The molecule has 12 nitrogen and oxygen atoms in total. The second kappa shape index (κ2) is 13.0. The molecule has 0 spiro atoms. The molecule has 1 aliphatic rings. The number of fused-ring (bicyclic) bond motifs is 1. The highest BCUT2D eigenvalue weighted by molar-refractivity contribution is 7.07. The van der Waals surface area contributed by atoms with Crippen LogP contribution >= 0.6 is 11.3 Å². The monoisotopic (exact) mass is 648 g/mol. The molecule has 1 aromatic heterocycles. The first kappa shape index (κ1) is 30.8. The molecule has 5 aromatic rings. The third kappa shape index (κ3) is 6.07. The van der Waals surface area contributed by atoms with Crippen LogP contribution in [0.4, 0.5) is 11.4 Å². The van der Waals surface area contributed by atoms with Crippen molar-refractivity contribution in [2.45, 2.75) is 13.0 Å². The van der Waals surface area contributed by atoms with E-state index in [1.807, 2.05) is 60.7 Å². The molecule has 0 saturated carbocycles. The van der Waals surface area contributed by atoms with Crippen LogP contribution in [0.2, 0.25) is 0 Å². The van der Waals surface area contributed by atoms with E-state index in [4.69, 9.17) is 14.5 Å². The number of esters is 1. The minimum atomic E-state index is -0.849. The number of aromatic nitrogens is 1. The van der Waals surface area contributed by atoms with E-state index >= 15 is 0 Å². The summed E-state index contributed by atoms with van der Waals surface area (Å²) in [4.78, 5) is 54.4. The van der Waals surface area contributed by atoms with Crippen LogP contribution in [-0.4, -0.2) is 27.0 Å². The van der Waals surface area contributed by atoms with Gasteiger partial charge in [-0.15, -0.1) is 0 Å². The molecule has 0 saturated heterocycles. The van der Waals surface area contributed by atoms with E-state index < -0.39 is 38.8 Å². The third-order valence-electron chi connectivity index (χ3n) is 7.26. The summed E-state index contributed by atoms with van der Waals surface area (Å²) in [6, 6.07) is 27.1. The Morgan fingerprint density at radius 1 is 0.915 bits per heavy atom. The van der Waals surface area contributed by atoms with Crippen molar-refractivity contribution in [3.8, 4) is 11.5 Å². The lowest BCUT2D eigenvalue weighted by molar-refractivity contribution is -0.394. The summed E-state index contributed by atoms with van der Waals surface area (Å²) in [6.45, 7) is 1.83. The van der Waals surface area contributed by atoms with Crippen LogP contribution in [0.15, 0.2) is 118 Å². The van der Waals surface area contributed by atoms with Crippen LogP contribution in [0.5, 0.6) is 11.5 Å². The standard InChI is InChI=1S/C34H24N4O8S/c1-2-45-33(40)29-30(21-11-5-3-6-12-21)35-34-36(31(29)22-13-7-4-8-14-22)32(39)28(47-34)19-23-15-9-10-16-26(23)46-27-18-17-24(37(41)42)20-25(27)38(43)44/h3-20,31H,2H2,1H3/b28-19+/t31-/m1/s1. The normalized spacial score (nSPS) is 14.2. The summed E-state index contributed by atoms with van der Waals surface area (Å²) >= 11 is 1.11. The molecule has 234 valence electrons. The summed E-state index contributed by atoms with van der Waals surface area (Å²) in [7, 11) is 0. The quantitative estimate of drug-likeness (QED) is 0.115. The van der Waals surface area contributed by atoms with Gasteiger partial charge in [-0.25, -0.2) is 9.79 Å². The van der Waals surface area contributed by atoms with Crippen molar-refractivity contribution in [3.05, 3.63) is 165 Å². The number of hydrogen-bond donors (Lipinski definition) is 0. The molecule has 6 rings (SSSR count). The van der Waals surface area contributed by atoms with Crippen LogP contribution < -0.4 is 19.6 Å². The SMILES string of the molecule is CCOC(=O)C1=C(c2ccccc2)N=c2s/c(=C/c3ccccc3Oc3ccc([N+](=O)[O-])cc3[N+](=O)[O-])c(=O)n2[C@@H]1c1ccccc1. The zero-order valence-corrected chi connectivity index (χ0v) is 25.5. The zero-order chi connectivity index (χ0) is 33.1. The number of nitrogens with zero attached hydrogens (tertiary/aromatic N) is 4. The van der Waals surface area contributed by atoms with Gasteiger partial charge in [0.1, 0.15) is 5.75 Å². The number of benzene rings is 4. The summed E-state index contributed by atoms with van der Waals surface area (Å²) in [5, 5.41) is 22.9. The van der Waals surface area contributed by atoms with Gasteiger partial charge >= 0.3 is 11.7 Å². The Balaban J connectivity index is 1.53. The Bertz CT molecular complexity index is 2250. The fourth-order valence-corrected chi connectivity index (χ4v) is 6.18. The number of nitro benzene ring substituents is 2. The highest BCUT2D eigenvalue weighted by atomic mass is 32.1. The van der Waals surface area contributed by atoms with E-state index in [0.29, 0.717) is 27.2 Å². The maximum atomic E-state index is 14.2. The van der Waals surface area contributed by atoms with Crippen molar-refractivity contribution in [2.75, 3.05) is 6.61 Å². The van der Waals surface area contributed by atoms with Crippen molar-refractivity contribution in [1.82, 2.24) is 4.57 Å². The summed E-state index contributed by atoms with van der Waals surface area (Å²) in [5.74, 6) is -0.632. The van der Waals surface area contributed by atoms with E-state index in [0.717, 1.165) is 29.5 Å². The number of carbonyl (C=O) groups is 1. The smallest absolute Gasteiger partial charge is 0.338 e. The average Bonchev–Trinajstić information content (AvgIpc) is 3.39. The molecule has 1 atom stereocenters. The maximum Gasteiger partial charge on any atom is 0.338 e. The summed E-state index contributed by atoms with van der Waals surface area (Å²) < 4.78 is 13.1. The lowest BCUT2D eigenvalue weighted by atomic mass is 9.93. The van der Waals surface area contributed by atoms with Gasteiger partial charge in [-0.2, -0.15) is 0 Å². The molecule has 0 fully saturated rings. The van der Waals surface area contributed by atoms with E-state index in [2.05, 4.69) is 0 Å². The van der Waals surface area contributed by atoms with E-state index in [1.54, 1.807) is 37.3 Å². The lowest BCUT2D eigenvalue weighted by Gasteiger charge is -2.25. The first-order valence-electron chi connectivity index (χ1n) is 14.3. The number of non-ortho nitro benzene ring substituents is 1. The molecule has 2 heterocycles. The fourth-order valence-electron chi connectivity index (χ4n) is 5.19. The van der Waals surface area contributed by atoms with Gasteiger partial charge in [-0.3, -0.25) is 29.6 Å². The molecule has 47 heavy (non-hydrogen) atoms. The van der Waals surface area contributed by atoms with Gasteiger partial charge in [0, 0.05) is 17.2 Å². The average molecular weight is 649 g/mol. The molecule has 0 bridgehead atoms.